The number of hydrogen-bond acceptors (Lipinski definition) is 2. The molecule has 0 spiro atoms. The molecule has 0 aliphatic carbocycles. The summed E-state index contributed by atoms with van der Waals surface area (Å²) in [6.45, 7) is 7.24. The van der Waals surface area contributed by atoms with E-state index in [1.54, 1.807) is 16.6 Å². The standard InChI is InChI=1S/C36H39BN2/c1-6-12-23-21-24(13-7-2)36(25(22-23)14-8-3)37-26-15-9-17-28-32(26)35-33-27(37)16-10-18-29(33)39(5)31-20-11-19-30(34(31)35)38(28)4/h9-11,15-22,35H,6-8,12-14H2,1-5H3. The second-order valence-corrected chi connectivity index (χ2v) is 11.8. The molecule has 0 amide bonds. The van der Waals surface area contributed by atoms with Crippen molar-refractivity contribution in [2.24, 2.45) is 0 Å². The minimum Gasteiger partial charge on any atom is -0.344 e. The molecule has 4 aromatic rings. The zero-order valence-corrected chi connectivity index (χ0v) is 24.1. The van der Waals surface area contributed by atoms with E-state index in [1.807, 2.05) is 0 Å². The van der Waals surface area contributed by atoms with Crippen LogP contribution in [0, 0.1) is 0 Å². The summed E-state index contributed by atoms with van der Waals surface area (Å²) in [7, 11) is 4.52. The number of aryl methyl sites for hydroxylation is 3. The van der Waals surface area contributed by atoms with Crippen LogP contribution in [0.25, 0.3) is 0 Å². The van der Waals surface area contributed by atoms with E-state index in [9.17, 15) is 0 Å². The summed E-state index contributed by atoms with van der Waals surface area (Å²) in [6, 6.07) is 26.2. The van der Waals surface area contributed by atoms with Crippen molar-refractivity contribution in [3.05, 3.63) is 100 Å². The van der Waals surface area contributed by atoms with Gasteiger partial charge >= 0.3 is 0 Å². The Bertz CT molecular complexity index is 1500. The van der Waals surface area contributed by atoms with Crippen LogP contribution in [0.4, 0.5) is 22.7 Å². The topological polar surface area (TPSA) is 6.48 Å². The van der Waals surface area contributed by atoms with Crippen molar-refractivity contribution in [2.45, 2.75) is 65.2 Å². The van der Waals surface area contributed by atoms with Crippen LogP contribution in [0.5, 0.6) is 0 Å². The summed E-state index contributed by atoms with van der Waals surface area (Å²) < 4.78 is 0. The van der Waals surface area contributed by atoms with Crippen LogP contribution in [-0.2, 0) is 19.3 Å². The third-order valence-electron chi connectivity index (χ3n) is 9.50. The van der Waals surface area contributed by atoms with E-state index < -0.39 is 0 Å². The zero-order valence-electron chi connectivity index (χ0n) is 24.1. The number of anilines is 4. The van der Waals surface area contributed by atoms with Crippen LogP contribution in [0.15, 0.2) is 66.7 Å². The Morgan fingerprint density at radius 3 is 1.49 bits per heavy atom. The monoisotopic (exact) mass is 510 g/mol. The van der Waals surface area contributed by atoms with Crippen LogP contribution in [0.3, 0.4) is 0 Å². The Balaban J connectivity index is 1.58. The molecule has 4 aromatic carbocycles. The average Bonchev–Trinajstić information content (AvgIpc) is 2.95. The molecule has 0 saturated heterocycles. The highest BCUT2D eigenvalue weighted by Crippen LogP contribution is 2.56. The molecule has 3 aliphatic rings. The highest BCUT2D eigenvalue weighted by Gasteiger charge is 2.47. The molecule has 3 heteroatoms. The quantitative estimate of drug-likeness (QED) is 0.225. The lowest BCUT2D eigenvalue weighted by Crippen LogP contribution is -2.61. The van der Waals surface area contributed by atoms with Gasteiger partial charge in [0.1, 0.15) is 0 Å². The first-order chi connectivity index (χ1) is 19.1. The minimum atomic E-state index is 0.263. The van der Waals surface area contributed by atoms with E-state index in [-0.39, 0.29) is 6.71 Å². The predicted molar refractivity (Wildman–Crippen MR) is 169 cm³/mol. The summed E-state index contributed by atoms with van der Waals surface area (Å²) >= 11 is 0. The molecule has 0 fully saturated rings. The normalized spacial score (nSPS) is 14.6. The molecule has 0 unspecified atom stereocenters. The summed E-state index contributed by atoms with van der Waals surface area (Å²) in [4.78, 5) is 4.89. The first kappa shape index (κ1) is 24.6. The summed E-state index contributed by atoms with van der Waals surface area (Å²) in [5, 5.41) is 0. The van der Waals surface area contributed by atoms with E-state index in [4.69, 9.17) is 0 Å². The molecular formula is C36H39BN2. The van der Waals surface area contributed by atoms with Crippen LogP contribution >= 0.6 is 0 Å². The summed E-state index contributed by atoms with van der Waals surface area (Å²) in [5.74, 6) is 0.292. The molecule has 0 atom stereocenters. The van der Waals surface area contributed by atoms with E-state index in [2.05, 4.69) is 111 Å². The van der Waals surface area contributed by atoms with Gasteiger partial charge in [-0.15, -0.1) is 0 Å². The number of rotatable bonds is 7. The average molecular weight is 511 g/mol. The minimum absolute atomic E-state index is 0.263. The number of nitrogens with zero attached hydrogens (tertiary/aromatic N) is 2. The van der Waals surface area contributed by atoms with Crippen LogP contribution in [-0.4, -0.2) is 20.8 Å². The highest BCUT2D eigenvalue weighted by molar-refractivity contribution is 6.97. The van der Waals surface area contributed by atoms with Crippen molar-refractivity contribution < 1.29 is 0 Å². The molecule has 0 N–H and O–H groups in total. The van der Waals surface area contributed by atoms with Gasteiger partial charge in [-0.1, -0.05) is 110 Å². The molecule has 0 saturated carbocycles. The van der Waals surface area contributed by atoms with Crippen molar-refractivity contribution >= 4 is 45.9 Å². The Morgan fingerprint density at radius 2 is 1.03 bits per heavy atom. The zero-order chi connectivity index (χ0) is 26.8. The van der Waals surface area contributed by atoms with Gasteiger partial charge in [-0.3, -0.25) is 0 Å². The second kappa shape index (κ2) is 9.33. The van der Waals surface area contributed by atoms with Crippen molar-refractivity contribution in [3.63, 3.8) is 0 Å². The lowest BCUT2D eigenvalue weighted by atomic mass is 9.30. The van der Waals surface area contributed by atoms with Crippen LogP contribution in [0.2, 0.25) is 0 Å². The fraction of sp³-hybridized carbons (Fsp3) is 0.333. The maximum Gasteiger partial charge on any atom is 0.242 e. The van der Waals surface area contributed by atoms with Crippen molar-refractivity contribution in [3.8, 4) is 0 Å². The molecule has 39 heavy (non-hydrogen) atoms. The van der Waals surface area contributed by atoms with E-state index in [0.717, 1.165) is 19.3 Å². The molecule has 196 valence electrons. The van der Waals surface area contributed by atoms with Crippen LogP contribution in [0.1, 0.15) is 79.3 Å². The Kier molecular flexibility index (Phi) is 5.88. The second-order valence-electron chi connectivity index (χ2n) is 11.8. The van der Waals surface area contributed by atoms with Gasteiger partial charge in [0.05, 0.1) is 0 Å². The van der Waals surface area contributed by atoms with E-state index in [0.29, 0.717) is 5.92 Å². The van der Waals surface area contributed by atoms with Gasteiger partial charge in [0, 0.05) is 48.3 Å². The molecule has 0 radical (unpaired) electrons. The van der Waals surface area contributed by atoms with Gasteiger partial charge in [0.25, 0.3) is 0 Å². The first-order valence-electron chi connectivity index (χ1n) is 15.1. The number of hydrogen-bond donors (Lipinski definition) is 0. The van der Waals surface area contributed by atoms with E-state index in [1.165, 1.54) is 75.2 Å². The lowest BCUT2D eigenvalue weighted by Gasteiger charge is -2.48. The van der Waals surface area contributed by atoms with Gasteiger partial charge < -0.3 is 9.80 Å². The highest BCUT2D eigenvalue weighted by atomic mass is 15.2. The van der Waals surface area contributed by atoms with Crippen molar-refractivity contribution in [1.29, 1.82) is 0 Å². The SMILES string of the molecule is CCCc1cc(CCC)c(B2c3cccc4c3C3c5c2cccc5N(C)c2cccc(c23)N4C)c(CCC)c1. The van der Waals surface area contributed by atoms with Crippen molar-refractivity contribution in [1.82, 2.24) is 0 Å². The molecule has 3 heterocycles. The third kappa shape index (κ3) is 3.41. The van der Waals surface area contributed by atoms with Gasteiger partial charge in [-0.05, 0) is 60.2 Å². The van der Waals surface area contributed by atoms with Gasteiger partial charge in [0.15, 0.2) is 0 Å². The lowest BCUT2D eigenvalue weighted by molar-refractivity contribution is 0.877. The van der Waals surface area contributed by atoms with Gasteiger partial charge in [0.2, 0.25) is 6.71 Å². The summed E-state index contributed by atoms with van der Waals surface area (Å²) in [5.41, 5.74) is 19.2. The molecular weight excluding hydrogens is 471 g/mol. The predicted octanol–water partition coefficient (Wildman–Crippen LogP) is 6.72. The smallest absolute Gasteiger partial charge is 0.242 e. The summed E-state index contributed by atoms with van der Waals surface area (Å²) in [6.07, 6.45) is 6.98. The fourth-order valence-electron chi connectivity index (χ4n) is 8.06. The first-order valence-corrected chi connectivity index (χ1v) is 15.1. The Labute approximate surface area is 234 Å². The number of benzene rings is 4. The van der Waals surface area contributed by atoms with E-state index >= 15 is 0 Å². The van der Waals surface area contributed by atoms with Crippen molar-refractivity contribution in [2.75, 3.05) is 23.9 Å². The molecule has 3 aliphatic heterocycles. The largest absolute Gasteiger partial charge is 0.344 e. The molecule has 2 nitrogen and oxygen atoms in total. The van der Waals surface area contributed by atoms with Gasteiger partial charge in [-0.2, -0.15) is 0 Å². The fourth-order valence-corrected chi connectivity index (χ4v) is 8.06. The Hall–Kier alpha value is -3.46. The molecule has 0 bridgehead atoms. The Morgan fingerprint density at radius 1 is 0.590 bits per heavy atom. The van der Waals surface area contributed by atoms with Crippen LogP contribution < -0.4 is 26.2 Å². The maximum absolute atomic E-state index is 2.56. The van der Waals surface area contributed by atoms with Gasteiger partial charge in [-0.25, -0.2) is 0 Å². The molecule has 0 aromatic heterocycles. The molecule has 7 rings (SSSR count). The third-order valence-corrected chi connectivity index (χ3v) is 9.50. The maximum atomic E-state index is 2.56.